The van der Waals surface area contributed by atoms with Crippen LogP contribution >= 0.6 is 23.2 Å². The molecule has 3 aromatic carbocycles. The predicted molar refractivity (Wildman–Crippen MR) is 134 cm³/mol. The first-order valence-electron chi connectivity index (χ1n) is 10.4. The highest BCUT2D eigenvalue weighted by atomic mass is 35.5. The average molecular weight is 497 g/mol. The van der Waals surface area contributed by atoms with Gasteiger partial charge in [-0.1, -0.05) is 53.5 Å². The minimum atomic E-state index is -0.885. The zero-order chi connectivity index (χ0) is 24.3. The number of anilines is 1. The summed E-state index contributed by atoms with van der Waals surface area (Å²) in [6.07, 6.45) is 2.71. The fourth-order valence-electron chi connectivity index (χ4n) is 3.18. The van der Waals surface area contributed by atoms with Crippen molar-refractivity contribution in [2.45, 2.75) is 25.3 Å². The smallest absolute Gasteiger partial charge is 0.303 e. The first kappa shape index (κ1) is 24.9. The summed E-state index contributed by atoms with van der Waals surface area (Å²) in [4.78, 5) is 14.9. The molecule has 0 aliphatic rings. The van der Waals surface area contributed by atoms with Crippen LogP contribution in [0.5, 0.6) is 11.5 Å². The Labute approximate surface area is 207 Å². The van der Waals surface area contributed by atoms with Gasteiger partial charge in [-0.3, -0.25) is 4.79 Å². The Hall–Kier alpha value is -3.73. The zero-order valence-electron chi connectivity index (χ0n) is 18.0. The molecular weight excluding hydrogens is 475 g/mol. The number of halogens is 2. The Morgan fingerprint density at radius 3 is 2.38 bits per heavy atom. The molecular formula is C25H22Cl2N4O3. The fraction of sp³-hybridized carbons (Fsp3) is 0.160. The van der Waals surface area contributed by atoms with Crippen LogP contribution in [0.2, 0.25) is 10.0 Å². The Morgan fingerprint density at radius 1 is 1.03 bits per heavy atom. The Bertz CT molecular complexity index is 1180. The van der Waals surface area contributed by atoms with E-state index in [1.807, 2.05) is 30.3 Å². The maximum Gasteiger partial charge on any atom is 0.303 e. The summed E-state index contributed by atoms with van der Waals surface area (Å²) in [6, 6.07) is 21.5. The Morgan fingerprint density at radius 2 is 1.74 bits per heavy atom. The molecule has 3 N–H and O–H groups in total. The van der Waals surface area contributed by atoms with E-state index in [-0.39, 0.29) is 18.4 Å². The molecule has 0 saturated carbocycles. The van der Waals surface area contributed by atoms with Crippen molar-refractivity contribution in [2.24, 2.45) is 4.99 Å². The first-order valence-corrected chi connectivity index (χ1v) is 11.2. The number of nitriles is 1. The molecule has 0 bridgehead atoms. The van der Waals surface area contributed by atoms with Crippen LogP contribution in [0.15, 0.2) is 77.8 Å². The molecule has 0 fully saturated rings. The minimum Gasteiger partial charge on any atom is -0.481 e. The first-order chi connectivity index (χ1) is 16.4. The van der Waals surface area contributed by atoms with Crippen molar-refractivity contribution in [2.75, 3.05) is 5.32 Å². The van der Waals surface area contributed by atoms with Crippen molar-refractivity contribution in [3.05, 3.63) is 88.4 Å². The molecule has 0 spiro atoms. The molecule has 0 heterocycles. The molecule has 34 heavy (non-hydrogen) atoms. The molecule has 0 saturated heterocycles. The molecule has 3 aromatic rings. The van der Waals surface area contributed by atoms with Crippen LogP contribution in [-0.2, 0) is 11.2 Å². The van der Waals surface area contributed by atoms with E-state index >= 15 is 0 Å². The van der Waals surface area contributed by atoms with Gasteiger partial charge in [0, 0.05) is 24.2 Å². The largest absolute Gasteiger partial charge is 0.481 e. The predicted octanol–water partition coefficient (Wildman–Crippen LogP) is 6.10. The van der Waals surface area contributed by atoms with Gasteiger partial charge >= 0.3 is 5.97 Å². The van der Waals surface area contributed by atoms with Gasteiger partial charge in [-0.25, -0.2) is 0 Å². The normalized spacial score (nSPS) is 11.9. The molecule has 0 aliphatic heterocycles. The standard InChI is InChI=1S/C25H22Cl2N4O3/c26-22-12-11-21(15-23(22)27)34-20-9-6-18(7-10-20)30-25(29-16-28)31-19(8-13-24(32)33)14-17-4-2-1-3-5-17/h1-7,9-12,15,19H,8,13-14H2,(H,32,33)(H2,29,30,31)/t19-/m1/s1. The third-order valence-electron chi connectivity index (χ3n) is 4.78. The molecule has 3 rings (SSSR count). The van der Waals surface area contributed by atoms with Crippen molar-refractivity contribution in [3.8, 4) is 17.7 Å². The van der Waals surface area contributed by atoms with E-state index in [0.717, 1.165) is 5.56 Å². The highest BCUT2D eigenvalue weighted by molar-refractivity contribution is 6.42. The highest BCUT2D eigenvalue weighted by Gasteiger charge is 2.14. The summed E-state index contributed by atoms with van der Waals surface area (Å²) in [5.74, 6) is 0.473. The van der Waals surface area contributed by atoms with E-state index in [0.29, 0.717) is 40.1 Å². The molecule has 7 nitrogen and oxygen atoms in total. The number of carboxylic acid groups (broad SMARTS) is 1. The summed E-state index contributed by atoms with van der Waals surface area (Å²) in [6.45, 7) is 0. The second-order valence-corrected chi connectivity index (χ2v) is 8.17. The van der Waals surface area contributed by atoms with Gasteiger partial charge in [-0.05, 0) is 54.8 Å². The van der Waals surface area contributed by atoms with Crippen molar-refractivity contribution >= 4 is 40.8 Å². The van der Waals surface area contributed by atoms with Crippen molar-refractivity contribution in [1.82, 2.24) is 5.32 Å². The van der Waals surface area contributed by atoms with Crippen LogP contribution in [0.1, 0.15) is 18.4 Å². The Kier molecular flexibility index (Phi) is 9.15. The lowest BCUT2D eigenvalue weighted by Crippen LogP contribution is -2.40. The lowest BCUT2D eigenvalue weighted by Gasteiger charge is -2.21. The van der Waals surface area contributed by atoms with E-state index in [4.69, 9.17) is 38.3 Å². The van der Waals surface area contributed by atoms with Crippen LogP contribution in [0.3, 0.4) is 0 Å². The van der Waals surface area contributed by atoms with E-state index in [1.54, 1.807) is 48.7 Å². The molecule has 0 aromatic heterocycles. The van der Waals surface area contributed by atoms with Crippen molar-refractivity contribution in [3.63, 3.8) is 0 Å². The topological polar surface area (TPSA) is 107 Å². The summed E-state index contributed by atoms with van der Waals surface area (Å²) < 4.78 is 5.78. The van der Waals surface area contributed by atoms with Gasteiger partial charge in [-0.15, -0.1) is 4.99 Å². The van der Waals surface area contributed by atoms with Gasteiger partial charge in [0.15, 0.2) is 0 Å². The number of rotatable bonds is 9. The lowest BCUT2D eigenvalue weighted by atomic mass is 10.0. The van der Waals surface area contributed by atoms with Crippen LogP contribution in [0.4, 0.5) is 5.69 Å². The third-order valence-corrected chi connectivity index (χ3v) is 5.52. The van der Waals surface area contributed by atoms with Crippen molar-refractivity contribution in [1.29, 1.82) is 5.26 Å². The molecule has 174 valence electrons. The average Bonchev–Trinajstić information content (AvgIpc) is 2.82. The van der Waals surface area contributed by atoms with Crippen LogP contribution < -0.4 is 15.4 Å². The summed E-state index contributed by atoms with van der Waals surface area (Å²) in [5, 5.41) is 25.3. The lowest BCUT2D eigenvalue weighted by molar-refractivity contribution is -0.137. The number of nitrogens with zero attached hydrogens (tertiary/aromatic N) is 2. The number of carbonyl (C=O) groups is 1. The minimum absolute atomic E-state index is 0.00885. The number of aliphatic imine (C=N–C) groups is 1. The molecule has 9 heteroatoms. The summed E-state index contributed by atoms with van der Waals surface area (Å²) in [5.41, 5.74) is 1.71. The quantitative estimate of drug-likeness (QED) is 0.187. The van der Waals surface area contributed by atoms with Gasteiger partial charge in [0.1, 0.15) is 11.5 Å². The van der Waals surface area contributed by atoms with Gasteiger partial charge in [0.05, 0.1) is 10.0 Å². The number of guanidine groups is 1. The fourth-order valence-corrected chi connectivity index (χ4v) is 3.47. The van der Waals surface area contributed by atoms with Crippen LogP contribution in [0.25, 0.3) is 0 Å². The van der Waals surface area contributed by atoms with Gasteiger partial charge in [0.25, 0.3) is 0 Å². The molecule has 0 unspecified atom stereocenters. The molecule has 0 radical (unpaired) electrons. The maximum atomic E-state index is 11.1. The summed E-state index contributed by atoms with van der Waals surface area (Å²) >= 11 is 12.0. The number of hydrogen-bond donors (Lipinski definition) is 3. The number of benzene rings is 3. The third kappa shape index (κ3) is 8.00. The SMILES string of the molecule is N#C/N=C(/Nc1ccc(Oc2ccc(Cl)c(Cl)c2)cc1)N[C@H](CCC(=O)O)Cc1ccccc1. The number of ether oxygens (including phenoxy) is 1. The molecule has 0 aliphatic carbocycles. The van der Waals surface area contributed by atoms with Gasteiger partial charge in [-0.2, -0.15) is 5.26 Å². The van der Waals surface area contributed by atoms with E-state index < -0.39 is 5.97 Å². The van der Waals surface area contributed by atoms with Gasteiger partial charge in [0.2, 0.25) is 12.2 Å². The second kappa shape index (κ2) is 12.5. The van der Waals surface area contributed by atoms with Gasteiger partial charge < -0.3 is 20.5 Å². The van der Waals surface area contributed by atoms with E-state index in [9.17, 15) is 4.79 Å². The molecule has 1 atom stereocenters. The van der Waals surface area contributed by atoms with Crippen LogP contribution in [-0.4, -0.2) is 23.1 Å². The molecule has 0 amide bonds. The van der Waals surface area contributed by atoms with Crippen molar-refractivity contribution < 1.29 is 14.6 Å². The van der Waals surface area contributed by atoms with Crippen LogP contribution in [0, 0.1) is 11.5 Å². The summed E-state index contributed by atoms with van der Waals surface area (Å²) in [7, 11) is 0. The second-order valence-electron chi connectivity index (χ2n) is 7.35. The number of aliphatic carboxylic acids is 1. The highest BCUT2D eigenvalue weighted by Crippen LogP contribution is 2.29. The Balaban J connectivity index is 1.67. The number of hydrogen-bond acceptors (Lipinski definition) is 4. The van der Waals surface area contributed by atoms with E-state index in [2.05, 4.69) is 15.6 Å². The zero-order valence-corrected chi connectivity index (χ0v) is 19.6. The maximum absolute atomic E-state index is 11.1. The number of nitrogens with one attached hydrogen (secondary N) is 2. The monoisotopic (exact) mass is 496 g/mol. The van der Waals surface area contributed by atoms with E-state index in [1.165, 1.54) is 0 Å². The number of carboxylic acids is 1.